The summed E-state index contributed by atoms with van der Waals surface area (Å²) in [5.74, 6) is 1.10. The Labute approximate surface area is 138 Å². The number of hydrogen-bond acceptors (Lipinski definition) is 6. The molecule has 0 atom stereocenters. The van der Waals surface area contributed by atoms with Crippen LogP contribution in [-0.4, -0.2) is 43.6 Å². The average Bonchev–Trinajstić information content (AvgIpc) is 2.93. The first kappa shape index (κ1) is 16.9. The second-order valence-corrected chi connectivity index (χ2v) is 6.33. The molecule has 2 rings (SSSR count). The van der Waals surface area contributed by atoms with Gasteiger partial charge in [-0.25, -0.2) is 0 Å². The first-order valence-corrected chi connectivity index (χ1v) is 8.87. The van der Waals surface area contributed by atoms with Crippen LogP contribution in [0, 0.1) is 6.92 Å². The quantitative estimate of drug-likeness (QED) is 0.799. The van der Waals surface area contributed by atoms with Gasteiger partial charge in [-0.3, -0.25) is 4.79 Å². The largest absolute Gasteiger partial charge is 0.395 e. The first-order chi connectivity index (χ1) is 10.7. The zero-order chi connectivity index (χ0) is 15.8. The fraction of sp³-hybridized carbons (Fsp3) is 0.400. The molecule has 22 heavy (non-hydrogen) atoms. The van der Waals surface area contributed by atoms with E-state index in [0.717, 1.165) is 17.0 Å². The zero-order valence-electron chi connectivity index (χ0n) is 12.4. The van der Waals surface area contributed by atoms with E-state index < -0.39 is 0 Å². The predicted octanol–water partition coefficient (Wildman–Crippen LogP) is 2.10. The van der Waals surface area contributed by atoms with Crippen molar-refractivity contribution in [3.8, 4) is 0 Å². The highest BCUT2D eigenvalue weighted by Crippen LogP contribution is 2.15. The van der Waals surface area contributed by atoms with E-state index >= 15 is 0 Å². The smallest absolute Gasteiger partial charge is 0.232 e. The molecule has 118 valence electrons. The SMILES string of the molecule is Cc1nsnc1CSCC(=O)N(CCO)Cc1ccccc1. The van der Waals surface area contributed by atoms with Gasteiger partial charge in [0.25, 0.3) is 0 Å². The van der Waals surface area contributed by atoms with Gasteiger partial charge in [-0.15, -0.1) is 11.8 Å². The van der Waals surface area contributed by atoms with Crippen molar-refractivity contribution in [1.29, 1.82) is 0 Å². The van der Waals surface area contributed by atoms with Gasteiger partial charge in [0.05, 0.1) is 35.5 Å². The Balaban J connectivity index is 1.85. The van der Waals surface area contributed by atoms with Crippen molar-refractivity contribution in [3.63, 3.8) is 0 Å². The van der Waals surface area contributed by atoms with Gasteiger partial charge in [0.15, 0.2) is 0 Å². The second kappa shape index (κ2) is 8.87. The summed E-state index contributed by atoms with van der Waals surface area (Å²) in [7, 11) is 0. The average molecular weight is 337 g/mol. The van der Waals surface area contributed by atoms with Crippen LogP contribution in [-0.2, 0) is 17.1 Å². The van der Waals surface area contributed by atoms with Gasteiger partial charge >= 0.3 is 0 Å². The third-order valence-corrected chi connectivity index (χ3v) is 4.74. The first-order valence-electron chi connectivity index (χ1n) is 6.99. The number of thioether (sulfide) groups is 1. The molecule has 1 amide bonds. The lowest BCUT2D eigenvalue weighted by Crippen LogP contribution is -2.34. The van der Waals surface area contributed by atoms with E-state index in [1.165, 1.54) is 23.5 Å². The van der Waals surface area contributed by atoms with Crippen LogP contribution in [0.4, 0.5) is 0 Å². The van der Waals surface area contributed by atoms with E-state index in [0.29, 0.717) is 24.6 Å². The molecule has 0 unspecified atom stereocenters. The Morgan fingerprint density at radius 1 is 1.32 bits per heavy atom. The van der Waals surface area contributed by atoms with Crippen LogP contribution in [0.3, 0.4) is 0 Å². The molecule has 0 spiro atoms. The van der Waals surface area contributed by atoms with Crippen LogP contribution < -0.4 is 0 Å². The molecule has 1 heterocycles. The number of aliphatic hydroxyl groups excluding tert-OH is 1. The Morgan fingerprint density at radius 3 is 2.73 bits per heavy atom. The fourth-order valence-corrected chi connectivity index (χ4v) is 3.49. The van der Waals surface area contributed by atoms with Crippen molar-refractivity contribution in [3.05, 3.63) is 47.3 Å². The minimum atomic E-state index is -0.0294. The fourth-order valence-electron chi connectivity index (χ4n) is 1.92. The number of aryl methyl sites for hydroxylation is 1. The molecule has 1 N–H and O–H groups in total. The van der Waals surface area contributed by atoms with Crippen LogP contribution in [0.25, 0.3) is 0 Å². The molecule has 0 aliphatic rings. The molecule has 0 saturated heterocycles. The molecule has 0 bridgehead atoms. The molecule has 0 saturated carbocycles. The van der Waals surface area contributed by atoms with Gasteiger partial charge in [-0.1, -0.05) is 30.3 Å². The monoisotopic (exact) mass is 337 g/mol. The van der Waals surface area contributed by atoms with Crippen molar-refractivity contribution >= 4 is 29.4 Å². The van der Waals surface area contributed by atoms with Crippen LogP contribution in [0.1, 0.15) is 17.0 Å². The van der Waals surface area contributed by atoms with Gasteiger partial charge in [0.2, 0.25) is 5.91 Å². The lowest BCUT2D eigenvalue weighted by atomic mass is 10.2. The molecule has 0 aliphatic heterocycles. The summed E-state index contributed by atoms with van der Waals surface area (Å²) in [4.78, 5) is 14.0. The number of aromatic nitrogens is 2. The molecule has 0 radical (unpaired) electrons. The van der Waals surface area contributed by atoms with E-state index in [4.69, 9.17) is 5.11 Å². The summed E-state index contributed by atoms with van der Waals surface area (Å²) < 4.78 is 8.33. The highest BCUT2D eigenvalue weighted by atomic mass is 32.2. The van der Waals surface area contributed by atoms with Gasteiger partial charge in [-0.05, 0) is 12.5 Å². The topological polar surface area (TPSA) is 66.3 Å². The molecular formula is C15H19N3O2S2. The van der Waals surface area contributed by atoms with Crippen molar-refractivity contribution in [1.82, 2.24) is 13.6 Å². The number of carbonyl (C=O) groups is 1. The maximum atomic E-state index is 12.3. The number of benzene rings is 1. The number of amides is 1. The number of nitrogens with zero attached hydrogens (tertiary/aromatic N) is 3. The molecular weight excluding hydrogens is 318 g/mol. The van der Waals surface area contributed by atoms with E-state index in [9.17, 15) is 4.79 Å². The van der Waals surface area contributed by atoms with Crippen LogP contribution in [0.5, 0.6) is 0 Å². The minimum absolute atomic E-state index is 0.0294. The predicted molar refractivity (Wildman–Crippen MR) is 89.8 cm³/mol. The lowest BCUT2D eigenvalue weighted by molar-refractivity contribution is -0.129. The summed E-state index contributed by atoms with van der Waals surface area (Å²) >= 11 is 2.73. The maximum absolute atomic E-state index is 12.3. The van der Waals surface area contributed by atoms with E-state index in [1.54, 1.807) is 4.90 Å². The molecule has 1 aromatic heterocycles. The molecule has 5 nitrogen and oxygen atoms in total. The number of rotatable bonds is 8. The molecule has 0 aliphatic carbocycles. The Hall–Kier alpha value is -1.44. The molecule has 7 heteroatoms. The maximum Gasteiger partial charge on any atom is 0.232 e. The van der Waals surface area contributed by atoms with Crippen LogP contribution in [0.2, 0.25) is 0 Å². The highest BCUT2D eigenvalue weighted by molar-refractivity contribution is 7.99. The van der Waals surface area contributed by atoms with Crippen molar-refractivity contribution < 1.29 is 9.90 Å². The standard InChI is InChI=1S/C15H19N3O2S2/c1-12-14(17-22-16-12)10-21-11-15(20)18(7-8-19)9-13-5-3-2-4-6-13/h2-6,19H,7-11H2,1H3. The van der Waals surface area contributed by atoms with Crippen LogP contribution >= 0.6 is 23.5 Å². The van der Waals surface area contributed by atoms with Gasteiger partial charge in [0.1, 0.15) is 0 Å². The molecule has 2 aromatic rings. The number of aliphatic hydroxyl groups is 1. The third-order valence-electron chi connectivity index (χ3n) is 3.15. The van der Waals surface area contributed by atoms with Gasteiger partial charge < -0.3 is 10.0 Å². The van der Waals surface area contributed by atoms with E-state index in [2.05, 4.69) is 8.75 Å². The Bertz CT molecular complexity index is 589. The van der Waals surface area contributed by atoms with Crippen molar-refractivity contribution in [2.24, 2.45) is 0 Å². The summed E-state index contributed by atoms with van der Waals surface area (Å²) in [6.45, 7) is 2.77. The third kappa shape index (κ3) is 5.08. The minimum Gasteiger partial charge on any atom is -0.395 e. The summed E-state index contributed by atoms with van der Waals surface area (Å²) in [6, 6.07) is 9.80. The second-order valence-electron chi connectivity index (χ2n) is 4.81. The highest BCUT2D eigenvalue weighted by Gasteiger charge is 2.14. The van der Waals surface area contributed by atoms with Crippen LogP contribution in [0.15, 0.2) is 30.3 Å². The van der Waals surface area contributed by atoms with Crippen molar-refractivity contribution in [2.75, 3.05) is 18.9 Å². The van der Waals surface area contributed by atoms with Crippen molar-refractivity contribution in [2.45, 2.75) is 19.2 Å². The van der Waals surface area contributed by atoms with Gasteiger partial charge in [0, 0.05) is 18.8 Å². The Kier molecular flexibility index (Phi) is 6.82. The normalized spacial score (nSPS) is 10.6. The summed E-state index contributed by atoms with van der Waals surface area (Å²) in [6.07, 6.45) is 0. The molecule has 0 fully saturated rings. The van der Waals surface area contributed by atoms with E-state index in [1.807, 2.05) is 37.3 Å². The van der Waals surface area contributed by atoms with E-state index in [-0.39, 0.29) is 12.5 Å². The van der Waals surface area contributed by atoms with Gasteiger partial charge in [-0.2, -0.15) is 8.75 Å². The summed E-state index contributed by atoms with van der Waals surface area (Å²) in [5, 5.41) is 9.16. The lowest BCUT2D eigenvalue weighted by Gasteiger charge is -2.21. The summed E-state index contributed by atoms with van der Waals surface area (Å²) in [5.41, 5.74) is 2.94. The number of hydrogen-bond donors (Lipinski definition) is 1. The number of carbonyl (C=O) groups excluding carboxylic acids is 1. The molecule has 1 aromatic carbocycles. The Morgan fingerprint density at radius 2 is 2.09 bits per heavy atom. The zero-order valence-corrected chi connectivity index (χ0v) is 14.1.